The van der Waals surface area contributed by atoms with Crippen LogP contribution in [-0.4, -0.2) is 71.3 Å². The predicted molar refractivity (Wildman–Crippen MR) is 177 cm³/mol. The van der Waals surface area contributed by atoms with Gasteiger partial charge in [0, 0.05) is 50.4 Å². The second kappa shape index (κ2) is 13.6. The Bertz CT molecular complexity index is 1480. The lowest BCUT2D eigenvalue weighted by atomic mass is 9.94. The Labute approximate surface area is 271 Å². The van der Waals surface area contributed by atoms with Gasteiger partial charge in [-0.2, -0.15) is 0 Å². The average Bonchev–Trinajstić information content (AvgIpc) is 3.32. The van der Waals surface area contributed by atoms with Gasteiger partial charge >= 0.3 is 0 Å². The van der Waals surface area contributed by atoms with Crippen LogP contribution in [-0.2, 0) is 11.3 Å². The van der Waals surface area contributed by atoms with Gasteiger partial charge in [-0.05, 0) is 80.8 Å². The summed E-state index contributed by atoms with van der Waals surface area (Å²) < 4.78 is 0. The molecule has 232 valence electrons. The lowest BCUT2D eigenvalue weighted by Crippen LogP contribution is -2.54. The molecule has 4 atom stereocenters. The highest BCUT2D eigenvalue weighted by molar-refractivity contribution is 6.42. The Kier molecular flexibility index (Phi) is 9.62. The van der Waals surface area contributed by atoms with E-state index in [-0.39, 0.29) is 24.4 Å². The first-order chi connectivity index (χ1) is 21.2. The molecule has 7 rings (SSSR count). The summed E-state index contributed by atoms with van der Waals surface area (Å²) in [7, 11) is 0. The highest BCUT2D eigenvalue weighted by atomic mass is 35.5. The highest BCUT2D eigenvalue weighted by Gasteiger charge is 2.37. The fraction of sp³-hybridized carbons (Fsp3) is 0.444. The smallest absolute Gasteiger partial charge is 0.254 e. The number of rotatable bonds is 7. The molecule has 4 aliphatic rings. The molecule has 6 nitrogen and oxygen atoms in total. The summed E-state index contributed by atoms with van der Waals surface area (Å²) in [6, 6.07) is 22.7. The minimum absolute atomic E-state index is 0.0129. The second-order valence-electron chi connectivity index (χ2n) is 13.0. The van der Waals surface area contributed by atoms with Gasteiger partial charge in [-0.25, -0.2) is 0 Å². The summed E-state index contributed by atoms with van der Waals surface area (Å²) >= 11 is 12.7. The molecule has 0 spiro atoms. The molecular formula is C36H42Cl2N4O2. The number of nitrogens with zero attached hydrogens (tertiary/aromatic N) is 3. The molecule has 1 saturated carbocycles. The summed E-state index contributed by atoms with van der Waals surface area (Å²) in [5.41, 5.74) is 5.05. The van der Waals surface area contributed by atoms with Gasteiger partial charge in [0.1, 0.15) is 0 Å². The number of carbonyl (C=O) groups is 2. The van der Waals surface area contributed by atoms with Gasteiger partial charge in [-0.3, -0.25) is 14.5 Å². The normalized spacial score (nSPS) is 23.9. The molecule has 3 heterocycles. The molecule has 8 heteroatoms. The van der Waals surface area contributed by atoms with Crippen molar-refractivity contribution in [3.63, 3.8) is 0 Å². The van der Waals surface area contributed by atoms with Gasteiger partial charge in [0.05, 0.1) is 22.6 Å². The van der Waals surface area contributed by atoms with Crippen molar-refractivity contribution in [3.8, 4) is 0 Å². The molecule has 0 radical (unpaired) electrons. The van der Waals surface area contributed by atoms with Crippen LogP contribution in [0.15, 0.2) is 66.7 Å². The zero-order valence-corrected chi connectivity index (χ0v) is 27.2. The molecule has 0 aromatic heterocycles. The van der Waals surface area contributed by atoms with Gasteiger partial charge < -0.3 is 15.1 Å². The number of piperidine rings is 1. The Morgan fingerprint density at radius 2 is 1.64 bits per heavy atom. The lowest BCUT2D eigenvalue weighted by Gasteiger charge is -2.42. The van der Waals surface area contributed by atoms with Crippen LogP contribution < -0.4 is 5.32 Å². The summed E-state index contributed by atoms with van der Waals surface area (Å²) in [5, 5.41) is 4.58. The topological polar surface area (TPSA) is 55.9 Å². The zero-order chi connectivity index (χ0) is 30.8. The van der Waals surface area contributed by atoms with Gasteiger partial charge in [-0.15, -0.1) is 0 Å². The quantitative estimate of drug-likeness (QED) is 0.316. The Hall–Kier alpha value is -2.90. The maximum atomic E-state index is 13.9. The highest BCUT2D eigenvalue weighted by Crippen LogP contribution is 2.35. The number of nitrogens with one attached hydrogen (secondary N) is 1. The van der Waals surface area contributed by atoms with E-state index in [4.69, 9.17) is 23.2 Å². The number of aryl methyl sites for hydroxylation is 2. The van der Waals surface area contributed by atoms with E-state index in [0.717, 1.165) is 42.6 Å². The van der Waals surface area contributed by atoms with E-state index < -0.39 is 0 Å². The molecule has 2 bridgehead atoms. The number of piperazine rings is 1. The third-order valence-electron chi connectivity index (χ3n) is 9.65. The van der Waals surface area contributed by atoms with Crippen molar-refractivity contribution in [2.75, 3.05) is 32.7 Å². The second-order valence-corrected chi connectivity index (χ2v) is 13.8. The molecule has 4 fully saturated rings. The molecular weight excluding hydrogens is 591 g/mol. The van der Waals surface area contributed by atoms with Crippen LogP contribution in [0.4, 0.5) is 0 Å². The molecule has 3 aromatic rings. The van der Waals surface area contributed by atoms with Crippen molar-refractivity contribution in [1.29, 1.82) is 0 Å². The number of benzene rings is 3. The minimum Gasteiger partial charge on any atom is -0.334 e. The van der Waals surface area contributed by atoms with E-state index >= 15 is 0 Å². The Morgan fingerprint density at radius 3 is 2.39 bits per heavy atom. The van der Waals surface area contributed by atoms with Crippen molar-refractivity contribution in [2.24, 2.45) is 5.92 Å². The van der Waals surface area contributed by atoms with Crippen LogP contribution in [0.3, 0.4) is 0 Å². The average molecular weight is 634 g/mol. The van der Waals surface area contributed by atoms with E-state index in [9.17, 15) is 9.59 Å². The van der Waals surface area contributed by atoms with E-state index in [2.05, 4.69) is 46.6 Å². The summed E-state index contributed by atoms with van der Waals surface area (Å²) in [6.45, 7) is 7.76. The van der Waals surface area contributed by atoms with E-state index in [0.29, 0.717) is 53.2 Å². The summed E-state index contributed by atoms with van der Waals surface area (Å²) in [5.74, 6) is 0.687. The zero-order valence-electron chi connectivity index (χ0n) is 25.6. The van der Waals surface area contributed by atoms with Gasteiger partial charge in [0.2, 0.25) is 5.91 Å². The van der Waals surface area contributed by atoms with E-state index in [1.165, 1.54) is 18.4 Å². The third-order valence-corrected chi connectivity index (χ3v) is 10.4. The van der Waals surface area contributed by atoms with Crippen LogP contribution >= 0.6 is 23.2 Å². The van der Waals surface area contributed by atoms with Crippen molar-refractivity contribution in [3.05, 3.63) is 105 Å². The first-order valence-electron chi connectivity index (χ1n) is 15.9. The number of halogens is 2. The van der Waals surface area contributed by atoms with Gasteiger partial charge in [-0.1, -0.05) is 76.8 Å². The monoisotopic (exact) mass is 632 g/mol. The van der Waals surface area contributed by atoms with Crippen molar-refractivity contribution in [1.82, 2.24) is 20.0 Å². The molecule has 44 heavy (non-hydrogen) atoms. The maximum Gasteiger partial charge on any atom is 0.254 e. The molecule has 3 unspecified atom stereocenters. The SMILES string of the molecule is Cc1cc(C)cc(C(=O)N2CCN(C(=O)CNC3CC4CCC(C3)N(Cc3ccccc3)C4)[C@H](c3ccc(Cl)c(Cl)c3)C2)c1. The molecule has 1 N–H and O–H groups in total. The fourth-order valence-electron chi connectivity index (χ4n) is 7.53. The first-order valence-corrected chi connectivity index (χ1v) is 16.6. The third kappa shape index (κ3) is 7.15. The standard InChI is InChI=1S/C36H42Cl2N4O2/c1-24-14-25(2)16-29(15-24)36(44)40-12-13-42(34(23-40)28-9-11-32(37)33(38)18-28)35(43)20-39-30-17-27-8-10-31(19-30)41(22-27)21-26-6-4-3-5-7-26/h3-7,9,11,14-16,18,27,30-31,34,39H,8,10,12-13,17,19-23H2,1-2H3/t27?,30?,31?,34-/m0/s1. The van der Waals surface area contributed by atoms with Crippen LogP contribution in [0.1, 0.15) is 64.3 Å². The maximum absolute atomic E-state index is 13.9. The number of amides is 2. The van der Waals surface area contributed by atoms with E-state index in [1.54, 1.807) is 6.07 Å². The largest absolute Gasteiger partial charge is 0.334 e. The Balaban J connectivity index is 1.14. The van der Waals surface area contributed by atoms with E-state index in [1.807, 2.05) is 47.9 Å². The lowest BCUT2D eigenvalue weighted by molar-refractivity contribution is -0.135. The van der Waals surface area contributed by atoms with Crippen LogP contribution in [0.2, 0.25) is 10.0 Å². The van der Waals surface area contributed by atoms with Crippen LogP contribution in [0.5, 0.6) is 0 Å². The van der Waals surface area contributed by atoms with Crippen LogP contribution in [0, 0.1) is 19.8 Å². The van der Waals surface area contributed by atoms with Crippen molar-refractivity contribution < 1.29 is 9.59 Å². The number of hydrogen-bond donors (Lipinski definition) is 1. The fourth-order valence-corrected chi connectivity index (χ4v) is 7.84. The van der Waals surface area contributed by atoms with Crippen molar-refractivity contribution in [2.45, 2.75) is 64.2 Å². The first kappa shape index (κ1) is 31.1. The summed E-state index contributed by atoms with van der Waals surface area (Å²) in [6.07, 6.45) is 4.64. The molecule has 1 aliphatic carbocycles. The van der Waals surface area contributed by atoms with Gasteiger partial charge in [0.15, 0.2) is 0 Å². The van der Waals surface area contributed by atoms with Crippen molar-refractivity contribution >= 4 is 35.0 Å². The summed E-state index contributed by atoms with van der Waals surface area (Å²) in [4.78, 5) is 33.9. The molecule has 3 saturated heterocycles. The van der Waals surface area contributed by atoms with Gasteiger partial charge in [0.25, 0.3) is 5.91 Å². The predicted octanol–water partition coefficient (Wildman–Crippen LogP) is 6.67. The molecule has 3 aromatic carbocycles. The number of hydrogen-bond acceptors (Lipinski definition) is 4. The minimum atomic E-state index is -0.311. The van der Waals surface area contributed by atoms with Crippen LogP contribution in [0.25, 0.3) is 0 Å². The molecule has 2 amide bonds. The number of carbonyl (C=O) groups excluding carboxylic acids is 2. The Morgan fingerprint density at radius 1 is 0.864 bits per heavy atom. The molecule has 3 aliphatic heterocycles. The number of fused-ring (bicyclic) bond motifs is 4.